The molecule has 86 valence electrons. The van der Waals surface area contributed by atoms with E-state index in [0.717, 1.165) is 24.3 Å². The maximum Gasteiger partial charge on any atom is 0.330 e. The maximum absolute atomic E-state index is 11.3. The first kappa shape index (κ1) is 11.4. The summed E-state index contributed by atoms with van der Waals surface area (Å²) in [6, 6.07) is 3.90. The van der Waals surface area contributed by atoms with Crippen molar-refractivity contribution in [3.8, 4) is 0 Å². The normalized spacial score (nSPS) is 20.4. The molecule has 1 aliphatic rings. The van der Waals surface area contributed by atoms with Gasteiger partial charge in [-0.05, 0) is 30.4 Å². The van der Waals surface area contributed by atoms with Crippen molar-refractivity contribution in [2.45, 2.75) is 18.9 Å². The lowest BCUT2D eigenvalue weighted by Crippen LogP contribution is -2.16. The first-order valence-electron chi connectivity index (χ1n) is 5.34. The van der Waals surface area contributed by atoms with E-state index in [1.165, 1.54) is 6.08 Å². The minimum Gasteiger partial charge on any atom is -0.460 e. The first-order chi connectivity index (χ1) is 7.84. The number of esters is 1. The van der Waals surface area contributed by atoms with Gasteiger partial charge in [-0.15, -0.1) is 11.3 Å². The highest BCUT2D eigenvalue weighted by Gasteiger charge is 2.16. The number of rotatable bonds is 4. The van der Waals surface area contributed by atoms with Crippen molar-refractivity contribution >= 4 is 23.4 Å². The third-order valence-electron chi connectivity index (χ3n) is 2.36. The van der Waals surface area contributed by atoms with Crippen LogP contribution in [0.4, 0.5) is 0 Å². The predicted molar refractivity (Wildman–Crippen MR) is 63.3 cm³/mol. The number of carbonyl (C=O) groups excluding carboxylic acids is 1. The van der Waals surface area contributed by atoms with E-state index < -0.39 is 0 Å². The second-order valence-corrected chi connectivity index (χ2v) is 4.59. The van der Waals surface area contributed by atoms with Crippen LogP contribution in [0.3, 0.4) is 0 Å². The third-order valence-corrected chi connectivity index (χ3v) is 3.20. The smallest absolute Gasteiger partial charge is 0.330 e. The summed E-state index contributed by atoms with van der Waals surface area (Å²) < 4.78 is 10.4. The van der Waals surface area contributed by atoms with Gasteiger partial charge in [0.1, 0.15) is 6.61 Å². The van der Waals surface area contributed by atoms with Gasteiger partial charge in [-0.3, -0.25) is 0 Å². The minimum atomic E-state index is -0.302. The van der Waals surface area contributed by atoms with Crippen LogP contribution in [0.5, 0.6) is 0 Å². The molecule has 0 aromatic carbocycles. The zero-order valence-corrected chi connectivity index (χ0v) is 9.74. The van der Waals surface area contributed by atoms with Crippen LogP contribution in [0.15, 0.2) is 23.6 Å². The van der Waals surface area contributed by atoms with Crippen molar-refractivity contribution in [2.75, 3.05) is 13.2 Å². The van der Waals surface area contributed by atoms with Gasteiger partial charge in [0.05, 0.1) is 6.10 Å². The number of hydrogen-bond donors (Lipinski definition) is 0. The monoisotopic (exact) mass is 238 g/mol. The largest absolute Gasteiger partial charge is 0.460 e. The molecule has 0 bridgehead atoms. The molecule has 0 N–H and O–H groups in total. The zero-order valence-electron chi connectivity index (χ0n) is 8.93. The Kier molecular flexibility index (Phi) is 4.13. The summed E-state index contributed by atoms with van der Waals surface area (Å²) in [7, 11) is 0. The molecule has 1 aliphatic heterocycles. The average Bonchev–Trinajstić information content (AvgIpc) is 2.96. The Morgan fingerprint density at radius 2 is 2.62 bits per heavy atom. The molecule has 2 heterocycles. The van der Waals surface area contributed by atoms with E-state index in [9.17, 15) is 4.79 Å². The van der Waals surface area contributed by atoms with Gasteiger partial charge >= 0.3 is 5.97 Å². The molecule has 0 radical (unpaired) electrons. The standard InChI is InChI=1S/C12H14O3S/c13-12(6-5-11-4-2-8-16-11)15-9-10-3-1-7-14-10/h2,4-6,8,10H,1,3,7,9H2/b6-5+/t10-/m1/s1. The van der Waals surface area contributed by atoms with Crippen LogP contribution in [0, 0.1) is 0 Å². The summed E-state index contributed by atoms with van der Waals surface area (Å²) >= 11 is 1.59. The summed E-state index contributed by atoms with van der Waals surface area (Å²) in [5.41, 5.74) is 0. The lowest BCUT2D eigenvalue weighted by atomic mass is 10.2. The van der Waals surface area contributed by atoms with Crippen molar-refractivity contribution in [1.29, 1.82) is 0 Å². The summed E-state index contributed by atoms with van der Waals surface area (Å²) in [5, 5.41) is 1.97. The summed E-state index contributed by atoms with van der Waals surface area (Å²) in [6.07, 6.45) is 5.37. The zero-order chi connectivity index (χ0) is 11.2. The minimum absolute atomic E-state index is 0.0964. The molecule has 0 unspecified atom stereocenters. The van der Waals surface area contributed by atoms with Gasteiger partial charge in [0, 0.05) is 17.6 Å². The molecule has 1 aromatic heterocycles. The van der Waals surface area contributed by atoms with E-state index in [1.54, 1.807) is 17.4 Å². The molecular formula is C12H14O3S. The van der Waals surface area contributed by atoms with Gasteiger partial charge in [0.2, 0.25) is 0 Å². The fraction of sp³-hybridized carbons (Fsp3) is 0.417. The number of thiophene rings is 1. The number of carbonyl (C=O) groups is 1. The van der Waals surface area contributed by atoms with Crippen LogP contribution < -0.4 is 0 Å². The SMILES string of the molecule is O=C(/C=C/c1cccs1)OC[C@H]1CCCO1. The molecule has 2 rings (SSSR count). The third kappa shape index (κ3) is 3.47. The van der Waals surface area contributed by atoms with Crippen molar-refractivity contribution in [3.63, 3.8) is 0 Å². The van der Waals surface area contributed by atoms with E-state index in [0.29, 0.717) is 6.61 Å². The van der Waals surface area contributed by atoms with E-state index >= 15 is 0 Å². The molecule has 3 nitrogen and oxygen atoms in total. The molecule has 1 atom stereocenters. The van der Waals surface area contributed by atoms with Gasteiger partial charge in [-0.2, -0.15) is 0 Å². The Balaban J connectivity index is 1.71. The Bertz CT molecular complexity index is 350. The van der Waals surface area contributed by atoms with Crippen LogP contribution in [0.1, 0.15) is 17.7 Å². The van der Waals surface area contributed by atoms with E-state index in [2.05, 4.69) is 0 Å². The molecule has 1 saturated heterocycles. The Hall–Kier alpha value is -1.13. The molecule has 16 heavy (non-hydrogen) atoms. The quantitative estimate of drug-likeness (QED) is 0.597. The van der Waals surface area contributed by atoms with Crippen molar-refractivity contribution < 1.29 is 14.3 Å². The van der Waals surface area contributed by atoms with Gasteiger partial charge in [0.15, 0.2) is 0 Å². The van der Waals surface area contributed by atoms with Gasteiger partial charge < -0.3 is 9.47 Å². The summed E-state index contributed by atoms with van der Waals surface area (Å²) in [6.45, 7) is 1.15. The van der Waals surface area contributed by atoms with Crippen LogP contribution in [0.2, 0.25) is 0 Å². The van der Waals surface area contributed by atoms with Crippen LogP contribution in [-0.2, 0) is 14.3 Å². The topological polar surface area (TPSA) is 35.5 Å². The van der Waals surface area contributed by atoms with E-state index in [1.807, 2.05) is 17.5 Å². The average molecular weight is 238 g/mol. The molecule has 1 fully saturated rings. The molecule has 4 heteroatoms. The van der Waals surface area contributed by atoms with Crippen LogP contribution in [0.25, 0.3) is 6.08 Å². The maximum atomic E-state index is 11.3. The van der Waals surface area contributed by atoms with E-state index in [-0.39, 0.29) is 12.1 Å². The molecular weight excluding hydrogens is 224 g/mol. The van der Waals surface area contributed by atoms with Crippen molar-refractivity contribution in [2.24, 2.45) is 0 Å². The molecule has 0 aliphatic carbocycles. The predicted octanol–water partition coefficient (Wildman–Crippen LogP) is 2.48. The van der Waals surface area contributed by atoms with Gasteiger partial charge in [-0.25, -0.2) is 4.79 Å². The molecule has 0 saturated carbocycles. The lowest BCUT2D eigenvalue weighted by molar-refractivity contribution is -0.140. The fourth-order valence-electron chi connectivity index (χ4n) is 1.54. The number of ether oxygens (including phenoxy) is 2. The molecule has 1 aromatic rings. The highest BCUT2D eigenvalue weighted by Crippen LogP contribution is 2.13. The number of hydrogen-bond acceptors (Lipinski definition) is 4. The van der Waals surface area contributed by atoms with Gasteiger partial charge in [0.25, 0.3) is 0 Å². The highest BCUT2D eigenvalue weighted by atomic mass is 32.1. The Morgan fingerprint density at radius 1 is 1.69 bits per heavy atom. The Morgan fingerprint density at radius 3 is 3.31 bits per heavy atom. The second-order valence-electron chi connectivity index (χ2n) is 3.61. The van der Waals surface area contributed by atoms with Crippen molar-refractivity contribution in [1.82, 2.24) is 0 Å². The molecule has 0 spiro atoms. The molecule has 0 amide bonds. The fourth-order valence-corrected chi connectivity index (χ4v) is 2.15. The summed E-state index contributed by atoms with van der Waals surface area (Å²) in [4.78, 5) is 12.4. The van der Waals surface area contributed by atoms with Crippen molar-refractivity contribution in [3.05, 3.63) is 28.5 Å². The van der Waals surface area contributed by atoms with Crippen LogP contribution in [-0.4, -0.2) is 25.3 Å². The second kappa shape index (κ2) is 5.82. The summed E-state index contributed by atoms with van der Waals surface area (Å²) in [5.74, 6) is -0.302. The Labute approximate surface area is 98.7 Å². The first-order valence-corrected chi connectivity index (χ1v) is 6.22. The van der Waals surface area contributed by atoms with Crippen LogP contribution >= 0.6 is 11.3 Å². The highest BCUT2D eigenvalue weighted by molar-refractivity contribution is 7.10. The van der Waals surface area contributed by atoms with Gasteiger partial charge in [-0.1, -0.05) is 6.07 Å². The lowest BCUT2D eigenvalue weighted by Gasteiger charge is -2.08. The van der Waals surface area contributed by atoms with E-state index in [4.69, 9.17) is 9.47 Å².